The summed E-state index contributed by atoms with van der Waals surface area (Å²) in [6.07, 6.45) is 2.79. The van der Waals surface area contributed by atoms with Gasteiger partial charge in [0.2, 0.25) is 0 Å². The summed E-state index contributed by atoms with van der Waals surface area (Å²) in [5.41, 5.74) is 0. The molecule has 0 saturated carbocycles. The Labute approximate surface area is 74.8 Å². The van der Waals surface area contributed by atoms with Crippen LogP contribution in [-0.4, -0.2) is 25.0 Å². The molecule has 0 spiro atoms. The third-order valence-electron chi connectivity index (χ3n) is 2.07. The highest BCUT2D eigenvalue weighted by Crippen LogP contribution is 2.16. The first-order chi connectivity index (χ1) is 3.83. The van der Waals surface area contributed by atoms with E-state index < -0.39 is 0 Å². The fraction of sp³-hybridized carbons (Fsp3) is 1.00. The molecule has 0 bridgehead atoms. The van der Waals surface area contributed by atoms with Crippen LogP contribution in [0.5, 0.6) is 0 Å². The number of rotatable bonds is 1. The molecule has 0 aliphatic carbocycles. The predicted octanol–water partition coefficient (Wildman–Crippen LogP) is 1.97. The van der Waals surface area contributed by atoms with Crippen molar-refractivity contribution in [3.63, 3.8) is 0 Å². The van der Waals surface area contributed by atoms with Gasteiger partial charge in [0.25, 0.3) is 0 Å². The maximum absolute atomic E-state index is 2.41. The first-order valence-corrected chi connectivity index (χ1v) is 3.51. The van der Waals surface area contributed by atoms with Crippen LogP contribution >= 0.6 is 24.0 Å². The maximum atomic E-state index is 2.41. The molecule has 1 nitrogen and oxygen atoms in total. The Morgan fingerprint density at radius 3 is 2.44 bits per heavy atom. The Morgan fingerprint density at radius 1 is 1.56 bits per heavy atom. The van der Waals surface area contributed by atoms with Gasteiger partial charge in [0.15, 0.2) is 0 Å². The smallest absolute Gasteiger partial charge is 0.000698 e. The largest absolute Gasteiger partial charge is 0.306 e. The van der Waals surface area contributed by atoms with Gasteiger partial charge < -0.3 is 4.90 Å². The van der Waals surface area contributed by atoms with Crippen LogP contribution in [0, 0.1) is 5.92 Å². The van der Waals surface area contributed by atoms with Crippen molar-refractivity contribution >= 4 is 24.0 Å². The molecule has 1 aliphatic rings. The first kappa shape index (κ1) is 9.69. The van der Waals surface area contributed by atoms with E-state index in [1.165, 1.54) is 25.9 Å². The van der Waals surface area contributed by atoms with E-state index in [1.54, 1.807) is 0 Å². The molecule has 0 aromatic rings. The number of likely N-dealkylation sites (tertiary alicyclic amines) is 1. The van der Waals surface area contributed by atoms with Crippen LogP contribution in [0.25, 0.3) is 0 Å². The van der Waals surface area contributed by atoms with Crippen molar-refractivity contribution in [3.8, 4) is 0 Å². The van der Waals surface area contributed by atoms with E-state index in [2.05, 4.69) is 18.9 Å². The fourth-order valence-corrected chi connectivity index (χ4v) is 1.36. The molecule has 0 aromatic heterocycles. The summed E-state index contributed by atoms with van der Waals surface area (Å²) < 4.78 is 0. The Kier molecular flexibility index (Phi) is 4.84. The third-order valence-corrected chi connectivity index (χ3v) is 2.07. The van der Waals surface area contributed by atoms with E-state index in [-0.39, 0.29) is 24.0 Å². The highest BCUT2D eigenvalue weighted by Gasteiger charge is 2.16. The predicted molar refractivity (Wildman–Crippen MR) is 51.3 cm³/mol. The molecule has 1 aliphatic heterocycles. The minimum absolute atomic E-state index is 0. The van der Waals surface area contributed by atoms with Gasteiger partial charge in [0, 0.05) is 6.54 Å². The van der Waals surface area contributed by atoms with Crippen molar-refractivity contribution in [1.82, 2.24) is 4.90 Å². The molecule has 56 valence electrons. The van der Waals surface area contributed by atoms with Crippen molar-refractivity contribution in [2.45, 2.75) is 19.8 Å². The van der Waals surface area contributed by atoms with Crippen molar-refractivity contribution < 1.29 is 0 Å². The lowest BCUT2D eigenvalue weighted by Gasteiger charge is -2.05. The van der Waals surface area contributed by atoms with Crippen molar-refractivity contribution in [3.05, 3.63) is 0 Å². The summed E-state index contributed by atoms with van der Waals surface area (Å²) in [7, 11) is 2.20. The van der Waals surface area contributed by atoms with E-state index in [1.807, 2.05) is 0 Å². The minimum atomic E-state index is 0. The van der Waals surface area contributed by atoms with Gasteiger partial charge in [0.05, 0.1) is 0 Å². The van der Waals surface area contributed by atoms with Crippen LogP contribution in [0.4, 0.5) is 0 Å². The van der Waals surface area contributed by atoms with Gasteiger partial charge in [-0.2, -0.15) is 0 Å². The van der Waals surface area contributed by atoms with E-state index in [0.29, 0.717) is 0 Å². The molecule has 0 amide bonds. The Morgan fingerprint density at radius 2 is 2.22 bits per heavy atom. The normalized spacial score (nSPS) is 28.0. The highest BCUT2D eigenvalue weighted by atomic mass is 127. The molecule has 9 heavy (non-hydrogen) atoms. The lowest BCUT2D eigenvalue weighted by atomic mass is 10.1. The number of hydrogen-bond acceptors (Lipinski definition) is 1. The molecule has 0 N–H and O–H groups in total. The summed E-state index contributed by atoms with van der Waals surface area (Å²) in [6, 6.07) is 0. The van der Waals surface area contributed by atoms with Crippen molar-refractivity contribution in [2.75, 3.05) is 20.1 Å². The van der Waals surface area contributed by atoms with E-state index >= 15 is 0 Å². The molecule has 1 rings (SSSR count). The first-order valence-electron chi connectivity index (χ1n) is 3.51. The summed E-state index contributed by atoms with van der Waals surface area (Å²) in [5, 5.41) is 0. The van der Waals surface area contributed by atoms with Gasteiger partial charge in [0.1, 0.15) is 0 Å². The minimum Gasteiger partial charge on any atom is -0.306 e. The van der Waals surface area contributed by atoms with Gasteiger partial charge in [-0.05, 0) is 25.9 Å². The van der Waals surface area contributed by atoms with Crippen molar-refractivity contribution in [1.29, 1.82) is 0 Å². The van der Waals surface area contributed by atoms with Crippen LogP contribution in [-0.2, 0) is 0 Å². The van der Waals surface area contributed by atoms with Gasteiger partial charge in [-0.15, -0.1) is 24.0 Å². The molecule has 1 fully saturated rings. The van der Waals surface area contributed by atoms with E-state index in [9.17, 15) is 0 Å². The van der Waals surface area contributed by atoms with Gasteiger partial charge in [-0.1, -0.05) is 13.3 Å². The van der Waals surface area contributed by atoms with Crippen LogP contribution in [0.3, 0.4) is 0 Å². The fourth-order valence-electron chi connectivity index (χ4n) is 1.36. The number of hydrogen-bond donors (Lipinski definition) is 0. The second kappa shape index (κ2) is 4.50. The van der Waals surface area contributed by atoms with Crippen molar-refractivity contribution in [2.24, 2.45) is 5.92 Å². The molecule has 0 aromatic carbocycles. The quantitative estimate of drug-likeness (QED) is 0.634. The van der Waals surface area contributed by atoms with Crippen LogP contribution in [0.15, 0.2) is 0 Å². The molecule has 0 radical (unpaired) electrons. The average molecular weight is 241 g/mol. The zero-order chi connectivity index (χ0) is 5.98. The Hall–Kier alpha value is 0.690. The second-order valence-corrected chi connectivity index (χ2v) is 2.83. The lowest BCUT2D eigenvalue weighted by Crippen LogP contribution is -2.13. The highest BCUT2D eigenvalue weighted by molar-refractivity contribution is 14.0. The molecular weight excluding hydrogens is 225 g/mol. The second-order valence-electron chi connectivity index (χ2n) is 2.83. The zero-order valence-corrected chi connectivity index (χ0v) is 8.59. The topological polar surface area (TPSA) is 3.24 Å². The molecule has 1 atom stereocenters. The molecule has 1 saturated heterocycles. The summed E-state index contributed by atoms with van der Waals surface area (Å²) >= 11 is 0. The Balaban J connectivity index is 0.000000640. The number of halogens is 1. The average Bonchev–Trinajstić information content (AvgIpc) is 2.14. The third kappa shape index (κ3) is 2.85. The van der Waals surface area contributed by atoms with E-state index in [0.717, 1.165) is 5.92 Å². The molecule has 2 heteroatoms. The number of nitrogens with zero attached hydrogens (tertiary/aromatic N) is 1. The van der Waals surface area contributed by atoms with Gasteiger partial charge in [-0.3, -0.25) is 0 Å². The maximum Gasteiger partial charge on any atom is 0.000698 e. The van der Waals surface area contributed by atoms with Gasteiger partial charge in [-0.25, -0.2) is 0 Å². The standard InChI is InChI=1S/C7H15N.HI/c1-3-7-4-5-8(2)6-7;/h7H,3-6H2,1-2H3;1H. The van der Waals surface area contributed by atoms with Crippen LogP contribution in [0.1, 0.15) is 19.8 Å². The van der Waals surface area contributed by atoms with E-state index in [4.69, 9.17) is 0 Å². The Bertz CT molecular complexity index is 75.3. The van der Waals surface area contributed by atoms with Gasteiger partial charge >= 0.3 is 0 Å². The summed E-state index contributed by atoms with van der Waals surface area (Å²) in [6.45, 7) is 4.93. The van der Waals surface area contributed by atoms with Crippen LogP contribution < -0.4 is 0 Å². The monoisotopic (exact) mass is 241 g/mol. The summed E-state index contributed by atoms with van der Waals surface area (Å²) in [4.78, 5) is 2.41. The molecular formula is C7H16IN. The molecule has 1 heterocycles. The SMILES string of the molecule is CCC1CCN(C)C1.I. The summed E-state index contributed by atoms with van der Waals surface area (Å²) in [5.74, 6) is 1.000. The van der Waals surface area contributed by atoms with Crippen LogP contribution in [0.2, 0.25) is 0 Å². The zero-order valence-electron chi connectivity index (χ0n) is 6.26. The lowest BCUT2D eigenvalue weighted by molar-refractivity contribution is 0.392. The molecule has 1 unspecified atom stereocenters.